The van der Waals surface area contributed by atoms with Gasteiger partial charge in [0.1, 0.15) is 17.4 Å². The number of aromatic hydroxyl groups is 1. The first-order chi connectivity index (χ1) is 13.4. The number of aryl methyl sites for hydroxylation is 1. The highest BCUT2D eigenvalue weighted by molar-refractivity contribution is 6.32. The molecule has 0 atom stereocenters. The summed E-state index contributed by atoms with van der Waals surface area (Å²) in [6.45, 7) is 3.50. The lowest BCUT2D eigenvalue weighted by Gasteiger charge is -2.09. The number of aromatic nitrogens is 2. The van der Waals surface area contributed by atoms with E-state index >= 15 is 0 Å². The zero-order valence-electron chi connectivity index (χ0n) is 15.1. The molecule has 0 aliphatic rings. The summed E-state index contributed by atoms with van der Waals surface area (Å²) in [5, 5.41) is 24.1. The maximum atomic E-state index is 12.2. The first-order valence-electron chi connectivity index (χ1n) is 8.30. The summed E-state index contributed by atoms with van der Waals surface area (Å²) in [6.07, 6.45) is 1.39. The second kappa shape index (κ2) is 7.94. The Hall–Kier alpha value is -3.63. The van der Waals surface area contributed by atoms with Crippen LogP contribution < -0.4 is 11.0 Å². The summed E-state index contributed by atoms with van der Waals surface area (Å²) < 4.78 is 0. The Balaban J connectivity index is 1.97. The predicted octanol–water partition coefficient (Wildman–Crippen LogP) is 3.73. The highest BCUT2D eigenvalue weighted by Crippen LogP contribution is 2.29. The number of H-pyrrole nitrogens is 1. The number of aromatic amines is 1. The smallest absolute Gasteiger partial charge is 0.270 e. The summed E-state index contributed by atoms with van der Waals surface area (Å²) in [6, 6.07) is 12.5. The average molecular weight is 394 g/mol. The highest BCUT2D eigenvalue weighted by atomic mass is 35.5. The molecule has 2 aromatic carbocycles. The molecule has 3 N–H and O–H groups in total. The fourth-order valence-corrected chi connectivity index (χ4v) is 2.90. The second-order valence-corrected chi connectivity index (χ2v) is 6.46. The molecule has 0 bridgehead atoms. The Bertz CT molecular complexity index is 1140. The molecule has 0 spiro atoms. The van der Waals surface area contributed by atoms with Crippen LogP contribution in [-0.2, 0) is 0 Å². The zero-order chi connectivity index (χ0) is 20.3. The van der Waals surface area contributed by atoms with E-state index in [1.807, 2.05) is 12.1 Å². The van der Waals surface area contributed by atoms with Gasteiger partial charge in [0.15, 0.2) is 0 Å². The van der Waals surface area contributed by atoms with Gasteiger partial charge in [-0.05, 0) is 31.0 Å². The average Bonchev–Trinajstić information content (AvgIpc) is 2.69. The van der Waals surface area contributed by atoms with Gasteiger partial charge in [-0.3, -0.25) is 9.78 Å². The molecule has 0 aliphatic carbocycles. The van der Waals surface area contributed by atoms with Crippen molar-refractivity contribution < 1.29 is 5.11 Å². The van der Waals surface area contributed by atoms with E-state index in [0.717, 1.165) is 0 Å². The Morgan fingerprint density at radius 1 is 1.32 bits per heavy atom. The van der Waals surface area contributed by atoms with Crippen molar-refractivity contribution in [1.82, 2.24) is 9.97 Å². The molecular formula is C20H16ClN5O2. The summed E-state index contributed by atoms with van der Waals surface area (Å²) >= 11 is 6.15. The molecule has 0 radical (unpaired) electrons. The van der Waals surface area contributed by atoms with Crippen LogP contribution in [0.25, 0.3) is 11.3 Å². The Kier molecular flexibility index (Phi) is 5.43. The number of benzene rings is 2. The van der Waals surface area contributed by atoms with Gasteiger partial charge in [0, 0.05) is 16.1 Å². The van der Waals surface area contributed by atoms with Crippen LogP contribution in [0.4, 0.5) is 5.95 Å². The Labute approximate surface area is 166 Å². The molecule has 0 amide bonds. The molecule has 140 valence electrons. The van der Waals surface area contributed by atoms with Gasteiger partial charge in [-0.2, -0.15) is 10.4 Å². The van der Waals surface area contributed by atoms with Gasteiger partial charge in [0.25, 0.3) is 5.56 Å². The van der Waals surface area contributed by atoms with Gasteiger partial charge in [-0.15, -0.1) is 0 Å². The molecule has 8 heteroatoms. The van der Waals surface area contributed by atoms with E-state index < -0.39 is 5.56 Å². The number of hydrogen-bond donors (Lipinski definition) is 3. The molecule has 0 saturated heterocycles. The van der Waals surface area contributed by atoms with Crippen LogP contribution in [0.15, 0.2) is 46.3 Å². The molecule has 3 aromatic rings. The van der Waals surface area contributed by atoms with Gasteiger partial charge < -0.3 is 5.11 Å². The van der Waals surface area contributed by atoms with Crippen molar-refractivity contribution in [3.63, 3.8) is 0 Å². The third-order valence-electron chi connectivity index (χ3n) is 4.18. The van der Waals surface area contributed by atoms with Gasteiger partial charge in [-0.25, -0.2) is 10.4 Å². The van der Waals surface area contributed by atoms with Crippen LogP contribution in [0.3, 0.4) is 0 Å². The van der Waals surface area contributed by atoms with E-state index in [4.69, 9.17) is 11.6 Å². The number of anilines is 1. The minimum atomic E-state index is -0.577. The summed E-state index contributed by atoms with van der Waals surface area (Å²) in [7, 11) is 0. The van der Waals surface area contributed by atoms with Crippen molar-refractivity contribution in [2.45, 2.75) is 13.8 Å². The van der Waals surface area contributed by atoms with Gasteiger partial charge in [-0.1, -0.05) is 41.9 Å². The number of nitrogens with one attached hydrogen (secondary N) is 2. The van der Waals surface area contributed by atoms with Crippen LogP contribution in [0.1, 0.15) is 22.3 Å². The third-order valence-corrected chi connectivity index (χ3v) is 4.57. The van der Waals surface area contributed by atoms with E-state index in [1.165, 1.54) is 6.21 Å². The van der Waals surface area contributed by atoms with Crippen molar-refractivity contribution in [3.8, 4) is 23.1 Å². The van der Waals surface area contributed by atoms with Crippen molar-refractivity contribution >= 4 is 23.8 Å². The number of phenols is 1. The van der Waals surface area contributed by atoms with Crippen molar-refractivity contribution in [2.75, 3.05) is 5.43 Å². The summed E-state index contributed by atoms with van der Waals surface area (Å²) in [5.41, 5.74) is 4.60. The quantitative estimate of drug-likeness (QED) is 0.461. The van der Waals surface area contributed by atoms with E-state index in [1.54, 1.807) is 44.2 Å². The third kappa shape index (κ3) is 3.72. The van der Waals surface area contributed by atoms with Gasteiger partial charge >= 0.3 is 0 Å². The summed E-state index contributed by atoms with van der Waals surface area (Å²) in [4.78, 5) is 19.0. The molecule has 0 saturated carbocycles. The number of nitriles is 1. The second-order valence-electron chi connectivity index (χ2n) is 6.05. The number of halogens is 1. The lowest BCUT2D eigenvalue weighted by molar-refractivity contribution is 0.470. The number of rotatable bonds is 4. The standard InChI is InChI=1S/C20H16ClN5O2/c1-11-8-16(21)12(2)15(18(11)27)10-23-26-20-24-17(13-6-4-3-5-7-13)14(9-22)19(28)25-20/h3-8,10,27H,1-2H3,(H2,24,25,26,28). The molecule has 1 aromatic heterocycles. The number of phenolic OH excluding ortho intramolecular Hbond substituents is 1. The van der Waals surface area contributed by atoms with E-state index in [9.17, 15) is 15.2 Å². The monoisotopic (exact) mass is 393 g/mol. The lowest BCUT2D eigenvalue weighted by Crippen LogP contribution is -2.16. The van der Waals surface area contributed by atoms with Crippen molar-refractivity contribution in [2.24, 2.45) is 5.10 Å². The molecular weight excluding hydrogens is 378 g/mol. The van der Waals surface area contributed by atoms with Gasteiger partial charge in [0.2, 0.25) is 5.95 Å². The predicted molar refractivity (Wildman–Crippen MR) is 109 cm³/mol. The van der Waals surface area contributed by atoms with E-state index in [0.29, 0.717) is 27.3 Å². The van der Waals surface area contributed by atoms with Gasteiger partial charge in [0.05, 0.1) is 11.9 Å². The van der Waals surface area contributed by atoms with Crippen LogP contribution in [0, 0.1) is 25.2 Å². The van der Waals surface area contributed by atoms with Crippen LogP contribution >= 0.6 is 11.6 Å². The molecule has 0 unspecified atom stereocenters. The number of hydrogen-bond acceptors (Lipinski definition) is 6. The minimum absolute atomic E-state index is 0.0648. The fourth-order valence-electron chi connectivity index (χ4n) is 2.64. The van der Waals surface area contributed by atoms with E-state index in [2.05, 4.69) is 20.5 Å². The zero-order valence-corrected chi connectivity index (χ0v) is 15.9. The number of hydrazone groups is 1. The SMILES string of the molecule is Cc1cc(Cl)c(C)c(C=NNc2nc(-c3ccccc3)c(C#N)c(=O)[nH]2)c1O. The minimum Gasteiger partial charge on any atom is -0.507 e. The largest absolute Gasteiger partial charge is 0.507 e. The first-order valence-corrected chi connectivity index (χ1v) is 8.67. The Morgan fingerprint density at radius 3 is 2.71 bits per heavy atom. The van der Waals surface area contributed by atoms with E-state index in [-0.39, 0.29) is 23.0 Å². The molecule has 7 nitrogen and oxygen atoms in total. The molecule has 1 heterocycles. The first kappa shape index (κ1) is 19.1. The van der Waals surface area contributed by atoms with Crippen molar-refractivity contribution in [3.05, 3.63) is 74.0 Å². The molecule has 28 heavy (non-hydrogen) atoms. The highest BCUT2D eigenvalue weighted by Gasteiger charge is 2.13. The maximum absolute atomic E-state index is 12.2. The van der Waals surface area contributed by atoms with Crippen LogP contribution in [0.5, 0.6) is 5.75 Å². The lowest BCUT2D eigenvalue weighted by atomic mass is 10.0. The summed E-state index contributed by atoms with van der Waals surface area (Å²) in [5.74, 6) is 0.133. The number of nitrogens with zero attached hydrogens (tertiary/aromatic N) is 3. The molecule has 3 rings (SSSR count). The fraction of sp³-hybridized carbons (Fsp3) is 0.100. The maximum Gasteiger partial charge on any atom is 0.270 e. The molecule has 0 fully saturated rings. The van der Waals surface area contributed by atoms with Crippen LogP contribution in [-0.4, -0.2) is 21.3 Å². The normalized spacial score (nSPS) is 10.8. The Morgan fingerprint density at radius 2 is 2.04 bits per heavy atom. The topological polar surface area (TPSA) is 114 Å². The van der Waals surface area contributed by atoms with Crippen LogP contribution in [0.2, 0.25) is 5.02 Å². The van der Waals surface area contributed by atoms with Crippen molar-refractivity contribution in [1.29, 1.82) is 5.26 Å². The molecule has 0 aliphatic heterocycles.